The number of hydrogen-bond acceptors (Lipinski definition) is 4. The van der Waals surface area contributed by atoms with E-state index >= 15 is 0 Å². The second-order valence-corrected chi connectivity index (χ2v) is 10.5. The number of carbonyl (C=O) groups excluding carboxylic acids is 1. The number of nitrogens with one attached hydrogen (secondary N) is 2. The molecule has 0 radical (unpaired) electrons. The minimum Gasteiger partial charge on any atom is -0.481 e. The zero-order chi connectivity index (χ0) is 32.0. The van der Waals surface area contributed by atoms with Crippen molar-refractivity contribution in [2.75, 3.05) is 5.32 Å². The van der Waals surface area contributed by atoms with Crippen molar-refractivity contribution in [2.24, 2.45) is 0 Å². The van der Waals surface area contributed by atoms with Crippen molar-refractivity contribution in [2.45, 2.75) is 18.6 Å². The van der Waals surface area contributed by atoms with Crippen molar-refractivity contribution < 1.29 is 32.6 Å². The number of halogens is 4. The number of carboxylic acid groups (broad SMARTS) is 1. The molecule has 0 aliphatic carbocycles. The van der Waals surface area contributed by atoms with Gasteiger partial charge in [-0.05, 0) is 65.7 Å². The Morgan fingerprint density at radius 2 is 1.53 bits per heavy atom. The van der Waals surface area contributed by atoms with Crippen LogP contribution in [0.2, 0.25) is 5.02 Å². The zero-order valence-electron chi connectivity index (χ0n) is 23.5. The molecule has 0 saturated carbocycles. The Hall–Kier alpha value is -5.28. The van der Waals surface area contributed by atoms with E-state index in [4.69, 9.17) is 16.3 Å². The van der Waals surface area contributed by atoms with E-state index in [2.05, 4.69) is 10.6 Å². The molecule has 1 atom stereocenters. The Bertz CT molecular complexity index is 1810. The van der Waals surface area contributed by atoms with Crippen molar-refractivity contribution in [3.63, 3.8) is 0 Å². The number of carbonyl (C=O) groups is 2. The van der Waals surface area contributed by atoms with E-state index in [0.29, 0.717) is 17.1 Å². The number of anilines is 2. The van der Waals surface area contributed by atoms with Crippen LogP contribution in [0.25, 0.3) is 11.1 Å². The molecular weight excluding hydrogens is 605 g/mol. The predicted octanol–water partition coefficient (Wildman–Crippen LogP) is 9.51. The maximum Gasteiger partial charge on any atom is 0.416 e. The molecule has 1 unspecified atom stereocenters. The fourth-order valence-electron chi connectivity index (χ4n) is 4.71. The van der Waals surface area contributed by atoms with Gasteiger partial charge in [0.1, 0.15) is 11.5 Å². The highest BCUT2D eigenvalue weighted by molar-refractivity contribution is 6.31. The Morgan fingerprint density at radius 3 is 2.24 bits per heavy atom. The summed E-state index contributed by atoms with van der Waals surface area (Å²) in [5, 5.41) is 15.4. The van der Waals surface area contributed by atoms with Gasteiger partial charge in [-0.3, -0.25) is 9.59 Å². The maximum atomic E-state index is 13.5. The highest BCUT2D eigenvalue weighted by Crippen LogP contribution is 2.35. The zero-order valence-corrected chi connectivity index (χ0v) is 24.3. The van der Waals surface area contributed by atoms with E-state index in [1.807, 2.05) is 66.7 Å². The average molecular weight is 631 g/mol. The number of benzene rings is 5. The van der Waals surface area contributed by atoms with Gasteiger partial charge in [-0.2, -0.15) is 13.2 Å². The number of para-hydroxylation sites is 2. The number of aliphatic carboxylic acids is 1. The molecule has 0 aliphatic heterocycles. The van der Waals surface area contributed by atoms with Crippen molar-refractivity contribution >= 4 is 34.9 Å². The lowest BCUT2D eigenvalue weighted by molar-refractivity contribution is -0.138. The maximum absolute atomic E-state index is 13.5. The first kappa shape index (κ1) is 31.2. The van der Waals surface area contributed by atoms with Gasteiger partial charge in [-0.1, -0.05) is 78.3 Å². The molecule has 0 saturated heterocycles. The highest BCUT2D eigenvalue weighted by Gasteiger charge is 2.30. The lowest BCUT2D eigenvalue weighted by Crippen LogP contribution is -2.30. The van der Waals surface area contributed by atoms with Gasteiger partial charge in [0.2, 0.25) is 0 Å². The summed E-state index contributed by atoms with van der Waals surface area (Å²) in [6.45, 7) is 0. The summed E-state index contributed by atoms with van der Waals surface area (Å²) in [4.78, 5) is 25.3. The molecule has 0 aromatic heterocycles. The minimum absolute atomic E-state index is 0.0268. The Kier molecular flexibility index (Phi) is 9.39. The molecular formula is C35H26ClF3N2O4. The molecule has 10 heteroatoms. The summed E-state index contributed by atoms with van der Waals surface area (Å²) in [5.74, 6) is -0.495. The third-order valence-electron chi connectivity index (χ3n) is 6.86. The molecule has 0 heterocycles. The van der Waals surface area contributed by atoms with Gasteiger partial charge in [-0.15, -0.1) is 0 Å². The molecule has 1 amide bonds. The SMILES string of the molecule is O=C(O)CC(NC(=O)c1cc(Cl)ccc1Nc1cccc(C(F)(F)F)c1)c1ccc(-c2ccccc2Oc2ccccc2)cc1. The lowest BCUT2D eigenvalue weighted by atomic mass is 9.98. The van der Waals surface area contributed by atoms with Crippen LogP contribution in [0.15, 0.2) is 121 Å². The largest absolute Gasteiger partial charge is 0.481 e. The third-order valence-corrected chi connectivity index (χ3v) is 7.10. The second-order valence-electron chi connectivity index (χ2n) is 10.1. The molecule has 228 valence electrons. The van der Waals surface area contributed by atoms with Crippen molar-refractivity contribution in [1.29, 1.82) is 0 Å². The van der Waals surface area contributed by atoms with Gasteiger partial charge in [0.25, 0.3) is 5.91 Å². The summed E-state index contributed by atoms with van der Waals surface area (Å²) >= 11 is 6.17. The standard InChI is InChI=1S/C35H26ClF3N2O4/c36-25-17-18-30(40-26-8-6-7-24(19-26)35(37,38)39)29(20-25)34(44)41-31(21-33(42)43)23-15-13-22(14-16-23)28-11-4-5-12-32(28)45-27-9-2-1-3-10-27/h1-20,31,40H,21H2,(H,41,44)(H,42,43). The Balaban J connectivity index is 1.39. The average Bonchev–Trinajstić information content (AvgIpc) is 3.02. The van der Waals surface area contributed by atoms with Crippen LogP contribution >= 0.6 is 11.6 Å². The Labute approximate surface area is 262 Å². The smallest absolute Gasteiger partial charge is 0.416 e. The highest BCUT2D eigenvalue weighted by atomic mass is 35.5. The normalized spacial score (nSPS) is 11.8. The number of alkyl halides is 3. The summed E-state index contributed by atoms with van der Waals surface area (Å²) in [7, 11) is 0. The van der Waals surface area contributed by atoms with Gasteiger partial charge in [0.05, 0.1) is 29.3 Å². The molecule has 5 aromatic carbocycles. The van der Waals surface area contributed by atoms with E-state index in [0.717, 1.165) is 23.3 Å². The molecule has 5 aromatic rings. The summed E-state index contributed by atoms with van der Waals surface area (Å²) < 4.78 is 45.8. The van der Waals surface area contributed by atoms with E-state index < -0.39 is 36.1 Å². The van der Waals surface area contributed by atoms with E-state index in [9.17, 15) is 27.9 Å². The van der Waals surface area contributed by atoms with Crippen LogP contribution in [0.4, 0.5) is 24.5 Å². The Morgan fingerprint density at radius 1 is 0.822 bits per heavy atom. The van der Waals surface area contributed by atoms with Crippen molar-refractivity contribution in [3.8, 4) is 22.6 Å². The van der Waals surface area contributed by atoms with E-state index in [1.54, 1.807) is 12.1 Å². The van der Waals surface area contributed by atoms with Crippen LogP contribution in [0.1, 0.15) is 33.9 Å². The van der Waals surface area contributed by atoms with Gasteiger partial charge in [0.15, 0.2) is 0 Å². The summed E-state index contributed by atoms with van der Waals surface area (Å²) in [6.07, 6.45) is -4.97. The van der Waals surface area contributed by atoms with Crippen LogP contribution in [0.5, 0.6) is 11.5 Å². The molecule has 3 N–H and O–H groups in total. The van der Waals surface area contributed by atoms with Gasteiger partial charge >= 0.3 is 12.1 Å². The van der Waals surface area contributed by atoms with Crippen LogP contribution in [-0.2, 0) is 11.0 Å². The van der Waals surface area contributed by atoms with Crippen LogP contribution in [0.3, 0.4) is 0 Å². The van der Waals surface area contributed by atoms with E-state index in [1.165, 1.54) is 30.3 Å². The molecule has 6 nitrogen and oxygen atoms in total. The number of amides is 1. The number of carboxylic acids is 1. The van der Waals surface area contributed by atoms with Crippen molar-refractivity contribution in [1.82, 2.24) is 5.32 Å². The quantitative estimate of drug-likeness (QED) is 0.143. The minimum atomic E-state index is -4.55. The first-order valence-electron chi connectivity index (χ1n) is 13.8. The fourth-order valence-corrected chi connectivity index (χ4v) is 4.88. The molecule has 0 aliphatic rings. The molecule has 0 bridgehead atoms. The van der Waals surface area contributed by atoms with Crippen LogP contribution in [0, 0.1) is 0 Å². The first-order chi connectivity index (χ1) is 21.6. The fraction of sp³-hybridized carbons (Fsp3) is 0.0857. The molecule has 5 rings (SSSR count). The first-order valence-corrected chi connectivity index (χ1v) is 14.1. The monoisotopic (exact) mass is 630 g/mol. The third kappa shape index (κ3) is 8.01. The predicted molar refractivity (Wildman–Crippen MR) is 167 cm³/mol. The molecule has 45 heavy (non-hydrogen) atoms. The van der Waals surface area contributed by atoms with Crippen LogP contribution in [-0.4, -0.2) is 17.0 Å². The number of ether oxygens (including phenoxy) is 1. The summed E-state index contributed by atoms with van der Waals surface area (Å²) in [6, 6.07) is 31.8. The van der Waals surface area contributed by atoms with Crippen LogP contribution < -0.4 is 15.4 Å². The van der Waals surface area contributed by atoms with Gasteiger partial charge in [0, 0.05) is 16.3 Å². The van der Waals surface area contributed by atoms with Crippen molar-refractivity contribution in [3.05, 3.63) is 143 Å². The van der Waals surface area contributed by atoms with Gasteiger partial charge in [-0.25, -0.2) is 0 Å². The lowest BCUT2D eigenvalue weighted by Gasteiger charge is -2.20. The topological polar surface area (TPSA) is 87.7 Å². The molecule has 0 spiro atoms. The number of hydrogen-bond donors (Lipinski definition) is 3. The molecule has 0 fully saturated rings. The van der Waals surface area contributed by atoms with E-state index in [-0.39, 0.29) is 22.0 Å². The summed E-state index contributed by atoms with van der Waals surface area (Å²) in [5.41, 5.74) is 1.63. The number of rotatable bonds is 10. The second kappa shape index (κ2) is 13.6. The van der Waals surface area contributed by atoms with Gasteiger partial charge < -0.3 is 20.5 Å².